The number of amides is 1. The summed E-state index contributed by atoms with van der Waals surface area (Å²) in [7, 11) is 0. The Hall–Kier alpha value is -1.24. The van der Waals surface area contributed by atoms with E-state index in [0.717, 1.165) is 11.3 Å². The number of carbonyl (C=O) groups is 1. The van der Waals surface area contributed by atoms with Crippen LogP contribution in [0.1, 0.15) is 9.80 Å². The van der Waals surface area contributed by atoms with Crippen molar-refractivity contribution in [3.05, 3.63) is 32.8 Å². The minimum atomic E-state index is -0.403. The number of carbonyl (C=O) groups excluding carboxylic acids is 1. The molecule has 16 heavy (non-hydrogen) atoms. The van der Waals surface area contributed by atoms with Crippen molar-refractivity contribution in [1.29, 1.82) is 0 Å². The lowest BCUT2D eigenvalue weighted by molar-refractivity contribution is 0.102. The van der Waals surface area contributed by atoms with Gasteiger partial charge in [0, 0.05) is 6.20 Å². The van der Waals surface area contributed by atoms with E-state index in [1.165, 1.54) is 6.20 Å². The number of nitrogens with zero attached hydrogens (tertiary/aromatic N) is 3. The van der Waals surface area contributed by atoms with Crippen LogP contribution in [0.25, 0.3) is 0 Å². The summed E-state index contributed by atoms with van der Waals surface area (Å²) in [6.07, 6.45) is 1.43. The molecule has 2 aromatic heterocycles. The zero-order chi connectivity index (χ0) is 11.5. The van der Waals surface area contributed by atoms with Crippen molar-refractivity contribution in [3.63, 3.8) is 0 Å². The zero-order valence-corrected chi connectivity index (χ0v) is 9.97. The summed E-state index contributed by atoms with van der Waals surface area (Å²) in [6.45, 7) is 0. The molecule has 0 spiro atoms. The molecular weight excluding hydrogens is 271 g/mol. The molecule has 0 aliphatic heterocycles. The molecule has 0 saturated heterocycles. The zero-order valence-electron chi connectivity index (χ0n) is 7.65. The minimum absolute atomic E-state index is 0.182. The normalized spacial score (nSPS) is 10.1. The molecule has 0 aliphatic rings. The third kappa shape index (κ3) is 2.66. The fraction of sp³-hybridized carbons (Fsp3) is 0. The highest BCUT2D eigenvalue weighted by molar-refractivity contribution is 7.17. The van der Waals surface area contributed by atoms with Crippen molar-refractivity contribution < 1.29 is 4.79 Å². The maximum atomic E-state index is 11.6. The van der Waals surface area contributed by atoms with E-state index >= 15 is 0 Å². The Labute approximate surface area is 104 Å². The van der Waals surface area contributed by atoms with Gasteiger partial charge in [-0.15, -0.1) is 10.2 Å². The standard InChI is InChI=1S/C8H4Cl2N4OS/c9-4-1-2-5(11-3-4)12-6(15)7-13-14-8(10)16-7/h1-3H,(H,11,12,15). The van der Waals surface area contributed by atoms with Crippen LogP contribution in [-0.2, 0) is 0 Å². The third-order valence-electron chi connectivity index (χ3n) is 1.56. The van der Waals surface area contributed by atoms with Gasteiger partial charge in [0.2, 0.25) is 9.47 Å². The first-order valence-electron chi connectivity index (χ1n) is 4.07. The quantitative estimate of drug-likeness (QED) is 0.914. The van der Waals surface area contributed by atoms with E-state index in [0.29, 0.717) is 10.8 Å². The van der Waals surface area contributed by atoms with E-state index in [2.05, 4.69) is 20.5 Å². The van der Waals surface area contributed by atoms with Crippen molar-refractivity contribution in [2.75, 3.05) is 5.32 Å². The molecule has 0 unspecified atom stereocenters. The highest BCUT2D eigenvalue weighted by Crippen LogP contribution is 2.16. The van der Waals surface area contributed by atoms with Gasteiger partial charge in [0.1, 0.15) is 5.82 Å². The van der Waals surface area contributed by atoms with Gasteiger partial charge in [-0.1, -0.05) is 22.9 Å². The SMILES string of the molecule is O=C(Nc1ccc(Cl)cn1)c1nnc(Cl)s1. The van der Waals surface area contributed by atoms with Crippen LogP contribution in [0.2, 0.25) is 9.49 Å². The average Bonchev–Trinajstić information content (AvgIpc) is 2.68. The van der Waals surface area contributed by atoms with Crippen LogP contribution in [-0.4, -0.2) is 21.1 Å². The summed E-state index contributed by atoms with van der Waals surface area (Å²) < 4.78 is 0.217. The van der Waals surface area contributed by atoms with Crippen LogP contribution in [0.5, 0.6) is 0 Å². The first-order chi connectivity index (χ1) is 7.65. The lowest BCUT2D eigenvalue weighted by atomic mass is 10.4. The van der Waals surface area contributed by atoms with Crippen LogP contribution in [0, 0.1) is 0 Å². The number of rotatable bonds is 2. The molecule has 0 aliphatic carbocycles. The Balaban J connectivity index is 2.10. The monoisotopic (exact) mass is 274 g/mol. The van der Waals surface area contributed by atoms with E-state index in [-0.39, 0.29) is 9.47 Å². The second-order valence-corrected chi connectivity index (χ2v) is 4.67. The predicted octanol–water partition coefficient (Wildman–Crippen LogP) is 2.49. The second kappa shape index (κ2) is 4.73. The van der Waals surface area contributed by atoms with E-state index < -0.39 is 5.91 Å². The van der Waals surface area contributed by atoms with E-state index in [1.807, 2.05) is 0 Å². The summed E-state index contributed by atoms with van der Waals surface area (Å²) in [5, 5.41) is 10.3. The van der Waals surface area contributed by atoms with Gasteiger partial charge >= 0.3 is 0 Å². The lowest BCUT2D eigenvalue weighted by Crippen LogP contribution is -2.12. The van der Waals surface area contributed by atoms with Crippen molar-refractivity contribution in [1.82, 2.24) is 15.2 Å². The number of hydrogen-bond donors (Lipinski definition) is 1. The molecule has 0 bridgehead atoms. The lowest BCUT2D eigenvalue weighted by Gasteiger charge is -2.00. The van der Waals surface area contributed by atoms with Crippen LogP contribution >= 0.6 is 34.5 Å². The van der Waals surface area contributed by atoms with Gasteiger partial charge in [-0.2, -0.15) is 0 Å². The van der Waals surface area contributed by atoms with Gasteiger partial charge in [0.15, 0.2) is 0 Å². The fourth-order valence-corrected chi connectivity index (χ4v) is 1.75. The Morgan fingerprint density at radius 3 is 2.69 bits per heavy atom. The predicted molar refractivity (Wildman–Crippen MR) is 62.1 cm³/mol. The van der Waals surface area contributed by atoms with Gasteiger partial charge in [0.05, 0.1) is 5.02 Å². The fourth-order valence-electron chi connectivity index (χ4n) is 0.917. The molecular formula is C8H4Cl2N4OS. The van der Waals surface area contributed by atoms with Crippen molar-refractivity contribution >= 4 is 46.3 Å². The van der Waals surface area contributed by atoms with Crippen LogP contribution in [0.15, 0.2) is 18.3 Å². The molecule has 0 radical (unpaired) electrons. The molecule has 0 fully saturated rings. The number of anilines is 1. The number of aromatic nitrogens is 3. The molecule has 0 atom stereocenters. The Kier molecular flexibility index (Phi) is 3.33. The maximum Gasteiger partial charge on any atom is 0.287 e. The van der Waals surface area contributed by atoms with Crippen LogP contribution in [0.4, 0.5) is 5.82 Å². The molecule has 1 amide bonds. The first kappa shape index (κ1) is 11.3. The Morgan fingerprint density at radius 1 is 1.31 bits per heavy atom. The molecule has 2 heterocycles. The average molecular weight is 275 g/mol. The van der Waals surface area contributed by atoms with E-state index in [9.17, 15) is 4.79 Å². The summed E-state index contributed by atoms with van der Waals surface area (Å²) in [4.78, 5) is 15.5. The van der Waals surface area contributed by atoms with Crippen molar-refractivity contribution in [2.24, 2.45) is 0 Å². The molecule has 2 rings (SSSR count). The number of pyridine rings is 1. The summed E-state index contributed by atoms with van der Waals surface area (Å²) in [6, 6.07) is 3.21. The molecule has 0 aromatic carbocycles. The highest BCUT2D eigenvalue weighted by Gasteiger charge is 2.12. The molecule has 5 nitrogen and oxygen atoms in total. The maximum absolute atomic E-state index is 11.6. The van der Waals surface area contributed by atoms with Gasteiger partial charge in [-0.3, -0.25) is 4.79 Å². The molecule has 0 saturated carbocycles. The number of halogens is 2. The summed E-state index contributed by atoms with van der Waals surface area (Å²) in [5.41, 5.74) is 0. The highest BCUT2D eigenvalue weighted by atomic mass is 35.5. The summed E-state index contributed by atoms with van der Waals surface area (Å²) >= 11 is 12.2. The van der Waals surface area contributed by atoms with Gasteiger partial charge in [0.25, 0.3) is 5.91 Å². The first-order valence-corrected chi connectivity index (χ1v) is 5.64. The molecule has 1 N–H and O–H groups in total. The largest absolute Gasteiger partial charge is 0.304 e. The van der Waals surface area contributed by atoms with Gasteiger partial charge in [-0.05, 0) is 23.7 Å². The Bertz CT molecular complexity index is 513. The van der Waals surface area contributed by atoms with Crippen LogP contribution < -0.4 is 5.32 Å². The molecule has 82 valence electrons. The van der Waals surface area contributed by atoms with Crippen molar-refractivity contribution in [3.8, 4) is 0 Å². The summed E-state index contributed by atoms with van der Waals surface area (Å²) in [5.74, 6) is -0.0139. The smallest absolute Gasteiger partial charge is 0.287 e. The second-order valence-electron chi connectivity index (χ2n) is 2.68. The van der Waals surface area contributed by atoms with Crippen LogP contribution in [0.3, 0.4) is 0 Å². The van der Waals surface area contributed by atoms with E-state index in [4.69, 9.17) is 23.2 Å². The minimum Gasteiger partial charge on any atom is -0.304 e. The number of nitrogens with one attached hydrogen (secondary N) is 1. The van der Waals surface area contributed by atoms with Gasteiger partial charge in [-0.25, -0.2) is 4.98 Å². The Morgan fingerprint density at radius 2 is 2.12 bits per heavy atom. The molecule has 2 aromatic rings. The third-order valence-corrected chi connectivity index (χ3v) is 2.80. The molecule has 8 heteroatoms. The van der Waals surface area contributed by atoms with Crippen molar-refractivity contribution in [2.45, 2.75) is 0 Å². The number of hydrogen-bond acceptors (Lipinski definition) is 5. The topological polar surface area (TPSA) is 67.8 Å². The van der Waals surface area contributed by atoms with E-state index in [1.54, 1.807) is 12.1 Å². The van der Waals surface area contributed by atoms with Gasteiger partial charge < -0.3 is 5.32 Å².